The molecule has 0 aromatic carbocycles. The summed E-state index contributed by atoms with van der Waals surface area (Å²) in [6.45, 7) is 0. The van der Waals surface area contributed by atoms with E-state index in [2.05, 4.69) is 9.97 Å². The predicted molar refractivity (Wildman–Crippen MR) is 54.9 cm³/mol. The van der Waals surface area contributed by atoms with E-state index in [0.717, 1.165) is 6.07 Å². The van der Waals surface area contributed by atoms with Gasteiger partial charge in [0.15, 0.2) is 0 Å². The fourth-order valence-corrected chi connectivity index (χ4v) is 1.27. The van der Waals surface area contributed by atoms with Gasteiger partial charge in [-0.3, -0.25) is 14.8 Å². The topological polar surface area (TPSA) is 93.8 Å². The molecule has 0 radical (unpaired) electrons. The third-order valence-corrected chi connectivity index (χ3v) is 1.89. The largest absolute Gasteiger partial charge is 0.385 e. The van der Waals surface area contributed by atoms with Crippen molar-refractivity contribution in [1.29, 1.82) is 0 Å². The van der Waals surface area contributed by atoms with Gasteiger partial charge in [-0.05, 0) is 12.1 Å². The van der Waals surface area contributed by atoms with E-state index in [1.807, 2.05) is 0 Å². The molecule has 0 unspecified atom stereocenters. The van der Waals surface area contributed by atoms with Crippen molar-refractivity contribution in [2.24, 2.45) is 0 Å². The highest BCUT2D eigenvalue weighted by Gasteiger charge is 2.04. The lowest BCUT2D eigenvalue weighted by molar-refractivity contribution is 0.906. The van der Waals surface area contributed by atoms with Crippen molar-refractivity contribution < 1.29 is 0 Å². The van der Waals surface area contributed by atoms with E-state index >= 15 is 0 Å². The first-order chi connectivity index (χ1) is 7.18. The Balaban J connectivity index is 2.75. The summed E-state index contributed by atoms with van der Waals surface area (Å²) < 4.78 is 1.20. The highest BCUT2D eigenvalue weighted by molar-refractivity contribution is 5.40. The van der Waals surface area contributed by atoms with Crippen LogP contribution in [-0.2, 0) is 0 Å². The molecule has 0 spiro atoms. The Labute approximate surface area is 84.0 Å². The van der Waals surface area contributed by atoms with Crippen LogP contribution in [0.1, 0.15) is 0 Å². The van der Waals surface area contributed by atoms with Gasteiger partial charge in [-0.1, -0.05) is 0 Å². The first-order valence-corrected chi connectivity index (χ1v) is 4.21. The Morgan fingerprint density at radius 1 is 1.27 bits per heavy atom. The maximum atomic E-state index is 11.5. The summed E-state index contributed by atoms with van der Waals surface area (Å²) in [6.07, 6.45) is 3.07. The van der Waals surface area contributed by atoms with Crippen molar-refractivity contribution in [2.75, 3.05) is 5.73 Å². The van der Waals surface area contributed by atoms with Gasteiger partial charge in [0.25, 0.3) is 5.56 Å². The lowest BCUT2D eigenvalue weighted by Gasteiger charge is -2.06. The van der Waals surface area contributed by atoms with Crippen LogP contribution in [0, 0.1) is 0 Å². The second-order valence-electron chi connectivity index (χ2n) is 2.90. The Kier molecular flexibility index (Phi) is 2.09. The number of hydrogen-bond acceptors (Lipinski definition) is 4. The predicted octanol–water partition coefficient (Wildman–Crippen LogP) is -0.497. The summed E-state index contributed by atoms with van der Waals surface area (Å²) in [5.41, 5.74) is 5.06. The molecule has 3 N–H and O–H groups in total. The number of rotatable bonds is 1. The molecule has 0 amide bonds. The minimum Gasteiger partial charge on any atom is -0.385 e. The Bertz CT molecular complexity index is 585. The van der Waals surface area contributed by atoms with E-state index in [-0.39, 0.29) is 5.82 Å². The molecule has 0 fully saturated rings. The molecule has 2 aromatic rings. The van der Waals surface area contributed by atoms with Crippen LogP contribution in [-0.4, -0.2) is 14.5 Å². The van der Waals surface area contributed by atoms with Gasteiger partial charge in [0.1, 0.15) is 5.82 Å². The summed E-state index contributed by atoms with van der Waals surface area (Å²) in [5, 5.41) is 0. The fourth-order valence-electron chi connectivity index (χ4n) is 1.27. The molecule has 6 nitrogen and oxygen atoms in total. The third-order valence-electron chi connectivity index (χ3n) is 1.89. The van der Waals surface area contributed by atoms with Gasteiger partial charge in [0.2, 0.25) is 0 Å². The summed E-state index contributed by atoms with van der Waals surface area (Å²) in [7, 11) is 0. The molecule has 0 atom stereocenters. The summed E-state index contributed by atoms with van der Waals surface area (Å²) in [6, 6.07) is 4.40. The number of hydrogen-bond donors (Lipinski definition) is 2. The van der Waals surface area contributed by atoms with Gasteiger partial charge in [0, 0.05) is 18.5 Å². The highest BCUT2D eigenvalue weighted by Crippen LogP contribution is 2.05. The first kappa shape index (κ1) is 9.20. The van der Waals surface area contributed by atoms with E-state index in [1.54, 1.807) is 12.1 Å². The SMILES string of the molecule is Nc1cc(=O)[nH]c(=O)n1-c1ccncc1. The summed E-state index contributed by atoms with van der Waals surface area (Å²) in [4.78, 5) is 28.4. The molecule has 2 aromatic heterocycles. The molecule has 0 aliphatic rings. The van der Waals surface area contributed by atoms with Gasteiger partial charge >= 0.3 is 5.69 Å². The van der Waals surface area contributed by atoms with E-state index in [0.29, 0.717) is 5.69 Å². The number of pyridine rings is 1. The van der Waals surface area contributed by atoms with Crippen LogP contribution in [0.5, 0.6) is 0 Å². The molecule has 0 bridgehead atoms. The molecule has 15 heavy (non-hydrogen) atoms. The Morgan fingerprint density at radius 3 is 2.53 bits per heavy atom. The van der Waals surface area contributed by atoms with Crippen LogP contribution < -0.4 is 17.0 Å². The smallest absolute Gasteiger partial charge is 0.334 e. The Hall–Kier alpha value is -2.37. The van der Waals surface area contributed by atoms with Crippen molar-refractivity contribution in [1.82, 2.24) is 14.5 Å². The molecule has 0 saturated carbocycles. The minimum absolute atomic E-state index is 0.0925. The van der Waals surface area contributed by atoms with Crippen molar-refractivity contribution in [3.8, 4) is 5.69 Å². The molecule has 0 aliphatic carbocycles. The molecule has 2 heterocycles. The van der Waals surface area contributed by atoms with Gasteiger partial charge in [-0.25, -0.2) is 9.36 Å². The van der Waals surface area contributed by atoms with Crippen LogP contribution in [0.3, 0.4) is 0 Å². The van der Waals surface area contributed by atoms with Crippen LogP contribution >= 0.6 is 0 Å². The van der Waals surface area contributed by atoms with Gasteiger partial charge in [-0.2, -0.15) is 0 Å². The van der Waals surface area contributed by atoms with E-state index < -0.39 is 11.2 Å². The lowest BCUT2D eigenvalue weighted by atomic mass is 10.4. The van der Waals surface area contributed by atoms with Crippen molar-refractivity contribution >= 4 is 5.82 Å². The Morgan fingerprint density at radius 2 is 1.93 bits per heavy atom. The molecule has 76 valence electrons. The van der Waals surface area contributed by atoms with Crippen molar-refractivity contribution in [3.05, 3.63) is 51.4 Å². The van der Waals surface area contributed by atoms with Crippen LogP contribution in [0.25, 0.3) is 5.69 Å². The van der Waals surface area contributed by atoms with Crippen LogP contribution in [0.2, 0.25) is 0 Å². The number of nitrogen functional groups attached to an aromatic ring is 1. The second kappa shape index (κ2) is 3.41. The maximum absolute atomic E-state index is 11.5. The first-order valence-electron chi connectivity index (χ1n) is 4.21. The number of H-pyrrole nitrogens is 1. The number of aromatic amines is 1. The van der Waals surface area contributed by atoms with E-state index in [1.165, 1.54) is 17.0 Å². The van der Waals surface area contributed by atoms with Crippen molar-refractivity contribution in [3.63, 3.8) is 0 Å². The van der Waals surface area contributed by atoms with Gasteiger partial charge in [0.05, 0.1) is 5.69 Å². The normalized spacial score (nSPS) is 10.1. The zero-order valence-corrected chi connectivity index (χ0v) is 7.68. The average molecular weight is 204 g/mol. The van der Waals surface area contributed by atoms with Crippen LogP contribution in [0.4, 0.5) is 5.82 Å². The monoisotopic (exact) mass is 204 g/mol. The molecule has 0 saturated heterocycles. The maximum Gasteiger partial charge on any atom is 0.334 e. The van der Waals surface area contributed by atoms with Gasteiger partial charge in [-0.15, -0.1) is 0 Å². The van der Waals surface area contributed by atoms with Crippen LogP contribution in [0.15, 0.2) is 40.2 Å². The van der Waals surface area contributed by atoms with E-state index in [9.17, 15) is 9.59 Å². The number of aromatic nitrogens is 3. The number of nitrogens with two attached hydrogens (primary N) is 1. The number of anilines is 1. The molecule has 2 rings (SSSR count). The summed E-state index contributed by atoms with van der Waals surface area (Å²) >= 11 is 0. The standard InChI is InChI=1S/C9H8N4O2/c10-7-5-8(14)12-9(15)13(7)6-1-3-11-4-2-6/h1-5H,10H2,(H,12,14,15). The number of nitrogens with zero attached hydrogens (tertiary/aromatic N) is 2. The number of nitrogens with one attached hydrogen (secondary N) is 1. The zero-order valence-electron chi connectivity index (χ0n) is 7.68. The van der Waals surface area contributed by atoms with Crippen molar-refractivity contribution in [2.45, 2.75) is 0 Å². The molecule has 0 aliphatic heterocycles. The zero-order chi connectivity index (χ0) is 10.8. The van der Waals surface area contributed by atoms with E-state index in [4.69, 9.17) is 5.73 Å². The average Bonchev–Trinajstić information content (AvgIpc) is 2.17. The summed E-state index contributed by atoms with van der Waals surface area (Å²) in [5.74, 6) is 0.0925. The molecule has 6 heteroatoms. The quantitative estimate of drug-likeness (QED) is 0.655. The van der Waals surface area contributed by atoms with Gasteiger partial charge < -0.3 is 5.73 Å². The minimum atomic E-state index is -0.564. The highest BCUT2D eigenvalue weighted by atomic mass is 16.2. The molecular formula is C9H8N4O2. The third kappa shape index (κ3) is 1.64. The lowest BCUT2D eigenvalue weighted by Crippen LogP contribution is -2.30. The second-order valence-corrected chi connectivity index (χ2v) is 2.90. The fraction of sp³-hybridized carbons (Fsp3) is 0. The molecular weight excluding hydrogens is 196 g/mol.